The van der Waals surface area contributed by atoms with Gasteiger partial charge in [0.05, 0.1) is 12.2 Å². The lowest BCUT2D eigenvalue weighted by atomic mass is 10.2. The third-order valence-electron chi connectivity index (χ3n) is 1.68. The fourth-order valence-corrected chi connectivity index (χ4v) is 0.923. The van der Waals surface area contributed by atoms with Crippen LogP contribution in [0.4, 0.5) is 4.39 Å². The molecule has 0 aliphatic rings. The molecule has 0 radical (unpaired) electrons. The summed E-state index contributed by atoms with van der Waals surface area (Å²) in [5.41, 5.74) is 0.0696. The van der Waals surface area contributed by atoms with Gasteiger partial charge in [-0.1, -0.05) is 6.07 Å². The van der Waals surface area contributed by atoms with Crippen molar-refractivity contribution in [2.45, 2.75) is 6.10 Å². The molecular weight excluding hydrogens is 203 g/mol. The molecule has 0 spiro atoms. The van der Waals surface area contributed by atoms with Crippen LogP contribution in [-0.2, 0) is 4.74 Å². The fraction of sp³-hybridized carbons (Fsp3) is 0.300. The summed E-state index contributed by atoms with van der Waals surface area (Å²) >= 11 is 0. The lowest BCUT2D eigenvalue weighted by molar-refractivity contribution is 0.00930. The molecule has 1 rings (SSSR count). The number of rotatable bonds is 4. The highest BCUT2D eigenvalue weighted by Gasteiger charge is 2.10. The summed E-state index contributed by atoms with van der Waals surface area (Å²) in [5.74, 6) is -1.27. The van der Waals surface area contributed by atoms with Crippen LogP contribution in [0.15, 0.2) is 24.3 Å². The van der Waals surface area contributed by atoms with E-state index < -0.39 is 24.5 Å². The van der Waals surface area contributed by atoms with Gasteiger partial charge in [-0.15, -0.1) is 0 Å². The number of halogens is 1. The van der Waals surface area contributed by atoms with Crippen molar-refractivity contribution in [2.24, 2.45) is 0 Å². The molecule has 1 atom stereocenters. The van der Waals surface area contributed by atoms with E-state index in [0.29, 0.717) is 0 Å². The summed E-state index contributed by atoms with van der Waals surface area (Å²) in [4.78, 5) is 11.2. The molecule has 0 saturated heterocycles. The number of carbonyl (C=O) groups is 1. The van der Waals surface area contributed by atoms with E-state index in [0.717, 1.165) is 6.07 Å². The fourth-order valence-electron chi connectivity index (χ4n) is 0.923. The third kappa shape index (κ3) is 3.65. The number of hydrogen-bond acceptors (Lipinski definition) is 4. The van der Waals surface area contributed by atoms with Crippen molar-refractivity contribution >= 4 is 5.97 Å². The minimum Gasteiger partial charge on any atom is -0.459 e. The molecule has 0 aliphatic heterocycles. The molecule has 0 bridgehead atoms. The minimum absolute atomic E-state index is 0.0696. The van der Waals surface area contributed by atoms with Crippen LogP contribution in [0.5, 0.6) is 0 Å². The van der Waals surface area contributed by atoms with Crippen LogP contribution in [0.1, 0.15) is 10.4 Å². The predicted molar refractivity (Wildman–Crippen MR) is 49.8 cm³/mol. The lowest BCUT2D eigenvalue weighted by Crippen LogP contribution is -2.21. The van der Waals surface area contributed by atoms with E-state index in [1.165, 1.54) is 18.2 Å². The molecule has 0 heterocycles. The smallest absolute Gasteiger partial charge is 0.338 e. The first-order valence-corrected chi connectivity index (χ1v) is 4.35. The third-order valence-corrected chi connectivity index (χ3v) is 1.68. The summed E-state index contributed by atoms with van der Waals surface area (Å²) in [6, 6.07) is 5.03. The maximum absolute atomic E-state index is 12.7. The van der Waals surface area contributed by atoms with Gasteiger partial charge in [0.1, 0.15) is 18.5 Å². The highest BCUT2D eigenvalue weighted by molar-refractivity contribution is 5.89. The molecule has 0 saturated carbocycles. The molecule has 15 heavy (non-hydrogen) atoms. The van der Waals surface area contributed by atoms with Gasteiger partial charge in [-0.3, -0.25) is 0 Å². The Morgan fingerprint density at radius 3 is 2.87 bits per heavy atom. The molecule has 5 heteroatoms. The zero-order valence-electron chi connectivity index (χ0n) is 7.89. The molecule has 1 unspecified atom stereocenters. The summed E-state index contributed by atoms with van der Waals surface area (Å²) in [6.07, 6.45) is -1.11. The molecule has 0 aromatic heterocycles. The van der Waals surface area contributed by atoms with Crippen molar-refractivity contribution in [3.05, 3.63) is 35.6 Å². The van der Waals surface area contributed by atoms with Crippen LogP contribution in [0.2, 0.25) is 0 Å². The zero-order valence-corrected chi connectivity index (χ0v) is 7.89. The van der Waals surface area contributed by atoms with Crippen molar-refractivity contribution in [3.63, 3.8) is 0 Å². The first-order valence-electron chi connectivity index (χ1n) is 4.35. The van der Waals surface area contributed by atoms with Crippen LogP contribution >= 0.6 is 0 Å². The summed E-state index contributed by atoms with van der Waals surface area (Å²) < 4.78 is 17.3. The average molecular weight is 214 g/mol. The van der Waals surface area contributed by atoms with Gasteiger partial charge in [-0.25, -0.2) is 9.18 Å². The maximum atomic E-state index is 12.7. The van der Waals surface area contributed by atoms with Gasteiger partial charge in [0.15, 0.2) is 0 Å². The lowest BCUT2D eigenvalue weighted by Gasteiger charge is -2.08. The van der Waals surface area contributed by atoms with Crippen LogP contribution in [-0.4, -0.2) is 35.5 Å². The van der Waals surface area contributed by atoms with Crippen LogP contribution in [0.3, 0.4) is 0 Å². The van der Waals surface area contributed by atoms with Gasteiger partial charge >= 0.3 is 5.97 Å². The Labute approximate surface area is 85.9 Å². The van der Waals surface area contributed by atoms with Gasteiger partial charge in [-0.2, -0.15) is 0 Å². The van der Waals surface area contributed by atoms with Crippen molar-refractivity contribution in [1.82, 2.24) is 0 Å². The highest BCUT2D eigenvalue weighted by atomic mass is 19.1. The Kier molecular flexibility index (Phi) is 4.20. The topological polar surface area (TPSA) is 66.8 Å². The zero-order chi connectivity index (χ0) is 11.3. The van der Waals surface area contributed by atoms with Crippen molar-refractivity contribution in [3.8, 4) is 0 Å². The van der Waals surface area contributed by atoms with Crippen molar-refractivity contribution < 1.29 is 24.1 Å². The molecule has 2 N–H and O–H groups in total. The summed E-state index contributed by atoms with van der Waals surface area (Å²) in [6.45, 7) is -0.803. The van der Waals surface area contributed by atoms with Crippen molar-refractivity contribution in [1.29, 1.82) is 0 Å². The van der Waals surface area contributed by atoms with Crippen LogP contribution in [0, 0.1) is 5.82 Å². The molecule has 0 fully saturated rings. The quantitative estimate of drug-likeness (QED) is 0.709. The Morgan fingerprint density at radius 2 is 2.27 bits per heavy atom. The number of benzene rings is 1. The second-order valence-corrected chi connectivity index (χ2v) is 2.95. The Balaban J connectivity index is 2.54. The number of esters is 1. The van der Waals surface area contributed by atoms with E-state index in [1.54, 1.807) is 0 Å². The second-order valence-electron chi connectivity index (χ2n) is 2.95. The largest absolute Gasteiger partial charge is 0.459 e. The highest BCUT2D eigenvalue weighted by Crippen LogP contribution is 2.05. The molecule has 1 aromatic carbocycles. The van der Waals surface area contributed by atoms with Crippen LogP contribution in [0.25, 0.3) is 0 Å². The molecular formula is C10H11FO4. The van der Waals surface area contributed by atoms with E-state index in [9.17, 15) is 9.18 Å². The summed E-state index contributed by atoms with van der Waals surface area (Å²) in [7, 11) is 0. The van der Waals surface area contributed by atoms with Crippen LogP contribution < -0.4 is 0 Å². The van der Waals surface area contributed by atoms with E-state index >= 15 is 0 Å². The maximum Gasteiger partial charge on any atom is 0.338 e. The van der Waals surface area contributed by atoms with Gasteiger partial charge < -0.3 is 14.9 Å². The average Bonchev–Trinajstić information content (AvgIpc) is 2.25. The molecule has 0 amide bonds. The predicted octanol–water partition coefficient (Wildman–Crippen LogP) is 0.336. The van der Waals surface area contributed by atoms with Gasteiger partial charge in [-0.05, 0) is 18.2 Å². The number of aliphatic hydroxyl groups excluding tert-OH is 2. The van der Waals surface area contributed by atoms with Gasteiger partial charge in [0, 0.05) is 0 Å². The molecule has 82 valence electrons. The molecule has 1 aromatic rings. The van der Waals surface area contributed by atoms with Gasteiger partial charge in [0.2, 0.25) is 0 Å². The normalized spacial score (nSPS) is 12.2. The minimum atomic E-state index is -1.11. The molecule has 0 aliphatic carbocycles. The number of aliphatic hydroxyl groups is 2. The van der Waals surface area contributed by atoms with Gasteiger partial charge in [0.25, 0.3) is 0 Å². The second kappa shape index (κ2) is 5.43. The first kappa shape index (κ1) is 11.6. The Morgan fingerprint density at radius 1 is 1.53 bits per heavy atom. The van der Waals surface area contributed by atoms with E-state index in [-0.39, 0.29) is 12.2 Å². The van der Waals surface area contributed by atoms with Crippen molar-refractivity contribution in [2.75, 3.05) is 13.2 Å². The standard InChI is InChI=1S/C10H11FO4/c11-8-3-1-2-7(4-8)10(14)15-6-9(13)5-12/h1-4,9,12-13H,5-6H2. The van der Waals surface area contributed by atoms with E-state index in [4.69, 9.17) is 10.2 Å². The Bertz CT molecular complexity index is 340. The molecule has 4 nitrogen and oxygen atoms in total. The number of carbonyl (C=O) groups excluding carboxylic acids is 1. The van der Waals surface area contributed by atoms with E-state index in [1.807, 2.05) is 0 Å². The summed E-state index contributed by atoms with van der Waals surface area (Å²) in [5, 5.41) is 17.4. The number of ether oxygens (including phenoxy) is 1. The number of hydrogen-bond donors (Lipinski definition) is 2. The Hall–Kier alpha value is -1.46. The van der Waals surface area contributed by atoms with E-state index in [2.05, 4.69) is 4.74 Å². The first-order chi connectivity index (χ1) is 7.13. The SMILES string of the molecule is O=C(OCC(O)CO)c1cccc(F)c1. The monoisotopic (exact) mass is 214 g/mol.